The normalized spacial score (nSPS) is 11.6. The van der Waals surface area contributed by atoms with Crippen LogP contribution in [0.15, 0.2) is 18.2 Å². The van der Waals surface area contributed by atoms with Crippen LogP contribution in [0.5, 0.6) is 0 Å². The number of alkyl halides is 1. The molecule has 0 saturated carbocycles. The molecule has 1 aromatic heterocycles. The van der Waals surface area contributed by atoms with E-state index >= 15 is 0 Å². The highest BCUT2D eigenvalue weighted by molar-refractivity contribution is 7.90. The molecule has 0 saturated heterocycles. The summed E-state index contributed by atoms with van der Waals surface area (Å²) in [5.41, 5.74) is 1.76. The van der Waals surface area contributed by atoms with Crippen LogP contribution < -0.4 is 0 Å². The van der Waals surface area contributed by atoms with E-state index in [1.165, 1.54) is 6.26 Å². The van der Waals surface area contributed by atoms with Gasteiger partial charge in [-0.15, -0.1) is 11.6 Å². The summed E-state index contributed by atoms with van der Waals surface area (Å²) in [5, 5.41) is 9.04. The molecule has 2 rings (SSSR count). The molecule has 0 fully saturated rings. The Bertz CT molecular complexity index is 759. The Kier molecular flexibility index (Phi) is 3.78. The third-order valence-electron chi connectivity index (χ3n) is 2.78. The summed E-state index contributed by atoms with van der Waals surface area (Å²) in [4.78, 5) is 4.32. The largest absolute Gasteiger partial charge is 0.326 e. The molecule has 19 heavy (non-hydrogen) atoms. The lowest BCUT2D eigenvalue weighted by molar-refractivity contribution is 0.594. The number of sulfone groups is 1. The summed E-state index contributed by atoms with van der Waals surface area (Å²) >= 11 is 5.83. The number of halogens is 1. The molecule has 1 aromatic carbocycles. The number of aryl methyl sites for hydroxylation is 1. The summed E-state index contributed by atoms with van der Waals surface area (Å²) in [6.45, 7) is 0.284. The Morgan fingerprint density at radius 1 is 1.47 bits per heavy atom. The van der Waals surface area contributed by atoms with Crippen molar-refractivity contribution in [2.24, 2.45) is 0 Å². The van der Waals surface area contributed by atoms with E-state index in [9.17, 15) is 8.42 Å². The highest BCUT2D eigenvalue weighted by atomic mass is 35.5. The van der Waals surface area contributed by atoms with Gasteiger partial charge in [-0.05, 0) is 12.1 Å². The fraction of sp³-hybridized carbons (Fsp3) is 0.333. The fourth-order valence-corrected chi connectivity index (χ4v) is 2.61. The van der Waals surface area contributed by atoms with Crippen molar-refractivity contribution in [3.63, 3.8) is 0 Å². The predicted molar refractivity (Wildman–Crippen MR) is 73.7 cm³/mol. The molecule has 0 radical (unpaired) electrons. The van der Waals surface area contributed by atoms with E-state index in [-0.39, 0.29) is 18.2 Å². The number of rotatable bonds is 4. The molecule has 2 aromatic rings. The lowest BCUT2D eigenvalue weighted by Crippen LogP contribution is -2.12. The summed E-state index contributed by atoms with van der Waals surface area (Å²) in [5.74, 6) is 0.755. The maximum absolute atomic E-state index is 11.3. The van der Waals surface area contributed by atoms with Crippen LogP contribution in [0.1, 0.15) is 11.4 Å². The molecule has 0 aliphatic carbocycles. The molecule has 5 nitrogen and oxygen atoms in total. The first-order valence-electron chi connectivity index (χ1n) is 5.58. The Labute approximate surface area is 116 Å². The monoisotopic (exact) mass is 297 g/mol. The van der Waals surface area contributed by atoms with E-state index in [0.717, 1.165) is 5.52 Å². The molecular formula is C12H12ClN3O2S. The smallest absolute Gasteiger partial charge is 0.149 e. The zero-order valence-corrected chi connectivity index (χ0v) is 11.9. The number of para-hydroxylation sites is 1. The highest BCUT2D eigenvalue weighted by Crippen LogP contribution is 2.21. The standard InChI is InChI=1S/C12H12ClN3O2S/c1-19(17,18)6-5-16-10-4-2-3-9(8-14)12(10)15-11(16)7-13/h2-4H,5-7H2,1H3. The first-order valence-corrected chi connectivity index (χ1v) is 8.17. The number of nitriles is 1. The number of nitrogens with zero attached hydrogens (tertiary/aromatic N) is 3. The van der Waals surface area contributed by atoms with Gasteiger partial charge in [0.05, 0.1) is 22.7 Å². The summed E-state index contributed by atoms with van der Waals surface area (Å²) < 4.78 is 24.3. The van der Waals surface area contributed by atoms with Gasteiger partial charge in [-0.25, -0.2) is 13.4 Å². The average molecular weight is 298 g/mol. The van der Waals surface area contributed by atoms with Gasteiger partial charge < -0.3 is 4.57 Å². The van der Waals surface area contributed by atoms with E-state index in [0.29, 0.717) is 16.9 Å². The molecule has 1 heterocycles. The van der Waals surface area contributed by atoms with Gasteiger partial charge in [0, 0.05) is 12.8 Å². The molecular weight excluding hydrogens is 286 g/mol. The minimum Gasteiger partial charge on any atom is -0.326 e. The quantitative estimate of drug-likeness (QED) is 0.805. The maximum Gasteiger partial charge on any atom is 0.149 e. The van der Waals surface area contributed by atoms with E-state index < -0.39 is 9.84 Å². The Balaban J connectivity index is 2.56. The second-order valence-electron chi connectivity index (χ2n) is 4.23. The number of aromatic nitrogens is 2. The van der Waals surface area contributed by atoms with Crippen molar-refractivity contribution < 1.29 is 8.42 Å². The second-order valence-corrected chi connectivity index (χ2v) is 6.76. The van der Waals surface area contributed by atoms with Crippen LogP contribution in [-0.2, 0) is 22.3 Å². The van der Waals surface area contributed by atoms with Crippen LogP contribution in [0.3, 0.4) is 0 Å². The molecule has 0 atom stereocenters. The minimum atomic E-state index is -3.07. The first-order chi connectivity index (χ1) is 8.96. The molecule has 0 unspecified atom stereocenters. The van der Waals surface area contributed by atoms with Crippen LogP contribution >= 0.6 is 11.6 Å². The van der Waals surface area contributed by atoms with Gasteiger partial charge in [-0.1, -0.05) is 6.07 Å². The lowest BCUT2D eigenvalue weighted by Gasteiger charge is -2.06. The van der Waals surface area contributed by atoms with Gasteiger partial charge in [-0.2, -0.15) is 5.26 Å². The van der Waals surface area contributed by atoms with Crippen LogP contribution in [-0.4, -0.2) is 30.0 Å². The highest BCUT2D eigenvalue weighted by Gasteiger charge is 2.14. The molecule has 0 aliphatic rings. The van der Waals surface area contributed by atoms with Gasteiger partial charge in [0.15, 0.2) is 0 Å². The second kappa shape index (κ2) is 5.19. The summed E-state index contributed by atoms with van der Waals surface area (Å²) in [6.07, 6.45) is 1.19. The number of benzene rings is 1. The molecule has 0 spiro atoms. The van der Waals surface area contributed by atoms with Gasteiger partial charge in [0.1, 0.15) is 27.2 Å². The van der Waals surface area contributed by atoms with Crippen LogP contribution in [0, 0.1) is 11.3 Å². The van der Waals surface area contributed by atoms with Gasteiger partial charge in [0.2, 0.25) is 0 Å². The zero-order chi connectivity index (χ0) is 14.0. The van der Waals surface area contributed by atoms with Crippen molar-refractivity contribution >= 4 is 32.5 Å². The van der Waals surface area contributed by atoms with Crippen molar-refractivity contribution in [2.45, 2.75) is 12.4 Å². The fourth-order valence-electron chi connectivity index (χ4n) is 1.89. The molecule has 0 N–H and O–H groups in total. The van der Waals surface area contributed by atoms with Gasteiger partial charge in [0.25, 0.3) is 0 Å². The third-order valence-corrected chi connectivity index (χ3v) is 3.95. The van der Waals surface area contributed by atoms with Crippen molar-refractivity contribution in [3.05, 3.63) is 29.6 Å². The Morgan fingerprint density at radius 2 is 2.21 bits per heavy atom. The number of hydrogen-bond donors (Lipinski definition) is 0. The van der Waals surface area contributed by atoms with Crippen LogP contribution in [0.25, 0.3) is 11.0 Å². The molecule has 7 heteroatoms. The number of imidazole rings is 1. The first kappa shape index (κ1) is 13.8. The van der Waals surface area contributed by atoms with E-state index in [1.807, 2.05) is 6.07 Å². The van der Waals surface area contributed by atoms with Crippen molar-refractivity contribution in [2.75, 3.05) is 12.0 Å². The van der Waals surface area contributed by atoms with Gasteiger partial charge in [-0.3, -0.25) is 0 Å². The maximum atomic E-state index is 11.3. The predicted octanol–water partition coefficient (Wildman–Crippen LogP) is 1.69. The van der Waals surface area contributed by atoms with E-state index in [1.54, 1.807) is 16.7 Å². The van der Waals surface area contributed by atoms with Crippen molar-refractivity contribution in [1.82, 2.24) is 9.55 Å². The molecule has 0 bridgehead atoms. The van der Waals surface area contributed by atoms with Crippen LogP contribution in [0.4, 0.5) is 0 Å². The Morgan fingerprint density at radius 3 is 2.79 bits per heavy atom. The molecule has 100 valence electrons. The third kappa shape index (κ3) is 2.88. The Hall–Kier alpha value is -1.58. The van der Waals surface area contributed by atoms with Gasteiger partial charge >= 0.3 is 0 Å². The minimum absolute atomic E-state index is 0.0130. The van der Waals surface area contributed by atoms with E-state index in [4.69, 9.17) is 16.9 Å². The summed E-state index contributed by atoms with van der Waals surface area (Å²) in [6, 6.07) is 7.30. The number of fused-ring (bicyclic) bond motifs is 1. The van der Waals surface area contributed by atoms with Crippen molar-refractivity contribution in [3.8, 4) is 6.07 Å². The zero-order valence-electron chi connectivity index (χ0n) is 10.3. The molecule has 0 aliphatic heterocycles. The number of hydrogen-bond acceptors (Lipinski definition) is 4. The lowest BCUT2D eigenvalue weighted by atomic mass is 10.2. The average Bonchev–Trinajstić information content (AvgIpc) is 2.73. The summed E-state index contributed by atoms with van der Waals surface area (Å²) in [7, 11) is -3.07. The van der Waals surface area contributed by atoms with Crippen LogP contribution in [0.2, 0.25) is 0 Å². The SMILES string of the molecule is CS(=O)(=O)CCn1c(CCl)nc2c(C#N)cccc21. The topological polar surface area (TPSA) is 75.8 Å². The van der Waals surface area contributed by atoms with Crippen molar-refractivity contribution in [1.29, 1.82) is 5.26 Å². The molecule has 0 amide bonds. The van der Waals surface area contributed by atoms with E-state index in [2.05, 4.69) is 11.1 Å².